The zero-order chi connectivity index (χ0) is 28.1. The maximum absolute atomic E-state index is 13.5. The average Bonchev–Trinajstić information content (AvgIpc) is 3.29. The first-order chi connectivity index (χ1) is 19.4. The van der Waals surface area contributed by atoms with Crippen LogP contribution >= 0.6 is 0 Å². The minimum absolute atomic E-state index is 0.0882. The number of carboxylic acids is 1. The summed E-state index contributed by atoms with van der Waals surface area (Å²) in [5.41, 5.74) is 5.89. The highest BCUT2D eigenvalue weighted by Crippen LogP contribution is 2.44. The average molecular weight is 540 g/mol. The van der Waals surface area contributed by atoms with Gasteiger partial charge in [-0.1, -0.05) is 84.9 Å². The van der Waals surface area contributed by atoms with Crippen molar-refractivity contribution < 1.29 is 24.2 Å². The van der Waals surface area contributed by atoms with Crippen LogP contribution in [-0.4, -0.2) is 72.2 Å². The van der Waals surface area contributed by atoms with E-state index in [2.05, 4.69) is 29.6 Å². The molecule has 0 spiro atoms. The molecule has 40 heavy (non-hydrogen) atoms. The van der Waals surface area contributed by atoms with E-state index in [0.717, 1.165) is 27.8 Å². The normalized spacial score (nSPS) is 15.2. The number of carbonyl (C=O) groups is 3. The van der Waals surface area contributed by atoms with Gasteiger partial charge in [-0.2, -0.15) is 0 Å². The number of rotatable bonds is 9. The molecule has 5 rings (SSSR count). The number of aliphatic carboxylic acids is 1. The number of amides is 2. The third kappa shape index (κ3) is 6.07. The molecule has 0 aromatic heterocycles. The molecule has 0 bridgehead atoms. The molecule has 2 amide bonds. The van der Waals surface area contributed by atoms with Crippen LogP contribution in [-0.2, 0) is 20.9 Å². The first-order valence-corrected chi connectivity index (χ1v) is 13.5. The van der Waals surface area contributed by atoms with Crippen molar-refractivity contribution in [1.29, 1.82) is 0 Å². The predicted octanol–water partition coefficient (Wildman–Crippen LogP) is 4.27. The molecule has 1 atom stereocenters. The standard InChI is InChI=1S/C32H33N3O5/c1-34(19-22-9-3-2-4-10-22)20-29(30(36)35-17-15-23(16-18-35)31(37)38)33-32(39)40-21-28-26-13-7-5-11-24(26)25-12-6-8-14-27(25)28/h2-15,28-29H,16-21H2,1H3,(H,33,39)(H,37,38). The summed E-state index contributed by atoms with van der Waals surface area (Å²) in [4.78, 5) is 41.5. The first-order valence-electron chi connectivity index (χ1n) is 13.5. The quantitative estimate of drug-likeness (QED) is 0.422. The van der Waals surface area contributed by atoms with Gasteiger partial charge in [-0.15, -0.1) is 0 Å². The lowest BCUT2D eigenvalue weighted by molar-refractivity contribution is -0.136. The third-order valence-corrected chi connectivity index (χ3v) is 7.52. The predicted molar refractivity (Wildman–Crippen MR) is 152 cm³/mol. The van der Waals surface area contributed by atoms with Crippen molar-refractivity contribution in [3.63, 3.8) is 0 Å². The summed E-state index contributed by atoms with van der Waals surface area (Å²) in [6.45, 7) is 1.48. The van der Waals surface area contributed by atoms with Gasteiger partial charge in [0.2, 0.25) is 5.91 Å². The van der Waals surface area contributed by atoms with Crippen LogP contribution < -0.4 is 5.32 Å². The summed E-state index contributed by atoms with van der Waals surface area (Å²) >= 11 is 0. The number of hydrogen-bond donors (Lipinski definition) is 2. The fourth-order valence-corrected chi connectivity index (χ4v) is 5.52. The molecule has 1 aliphatic heterocycles. The van der Waals surface area contributed by atoms with E-state index in [-0.39, 0.29) is 44.5 Å². The minimum atomic E-state index is -0.969. The van der Waals surface area contributed by atoms with Crippen LogP contribution in [0.1, 0.15) is 29.0 Å². The number of fused-ring (bicyclic) bond motifs is 3. The Morgan fingerprint density at radius 2 is 1.60 bits per heavy atom. The van der Waals surface area contributed by atoms with Gasteiger partial charge in [0.15, 0.2) is 0 Å². The van der Waals surface area contributed by atoms with E-state index in [1.165, 1.54) is 0 Å². The number of nitrogens with one attached hydrogen (secondary N) is 1. The van der Waals surface area contributed by atoms with Gasteiger partial charge in [0.25, 0.3) is 0 Å². The highest BCUT2D eigenvalue weighted by Gasteiger charge is 2.32. The van der Waals surface area contributed by atoms with Gasteiger partial charge in [0.1, 0.15) is 12.6 Å². The molecular weight excluding hydrogens is 506 g/mol. The molecule has 8 heteroatoms. The van der Waals surface area contributed by atoms with Crippen molar-refractivity contribution in [2.24, 2.45) is 0 Å². The van der Waals surface area contributed by atoms with Crippen LogP contribution in [0, 0.1) is 0 Å². The molecule has 2 aliphatic rings. The Morgan fingerprint density at radius 1 is 0.975 bits per heavy atom. The van der Waals surface area contributed by atoms with Gasteiger partial charge in [0.05, 0.1) is 0 Å². The number of alkyl carbamates (subject to hydrolysis) is 1. The van der Waals surface area contributed by atoms with E-state index in [0.29, 0.717) is 12.1 Å². The number of nitrogens with zero attached hydrogens (tertiary/aromatic N) is 2. The molecule has 3 aromatic rings. The van der Waals surface area contributed by atoms with Crippen LogP contribution in [0.4, 0.5) is 4.79 Å². The van der Waals surface area contributed by atoms with E-state index in [9.17, 15) is 19.5 Å². The lowest BCUT2D eigenvalue weighted by Gasteiger charge is -2.31. The number of carbonyl (C=O) groups excluding carboxylic acids is 2. The Labute approximate surface area is 233 Å². The maximum Gasteiger partial charge on any atom is 0.407 e. The van der Waals surface area contributed by atoms with E-state index < -0.39 is 18.1 Å². The Balaban J connectivity index is 1.27. The highest BCUT2D eigenvalue weighted by molar-refractivity contribution is 5.89. The molecule has 8 nitrogen and oxygen atoms in total. The largest absolute Gasteiger partial charge is 0.478 e. The molecule has 2 N–H and O–H groups in total. The molecule has 1 unspecified atom stereocenters. The van der Waals surface area contributed by atoms with Crippen LogP contribution in [0.3, 0.4) is 0 Å². The zero-order valence-corrected chi connectivity index (χ0v) is 22.5. The van der Waals surface area contributed by atoms with E-state index in [1.807, 2.05) is 66.5 Å². The molecule has 0 saturated carbocycles. The van der Waals surface area contributed by atoms with E-state index >= 15 is 0 Å². The van der Waals surface area contributed by atoms with Gasteiger partial charge in [-0.05, 0) is 41.3 Å². The van der Waals surface area contributed by atoms with Crippen LogP contribution in [0.25, 0.3) is 11.1 Å². The van der Waals surface area contributed by atoms with Gasteiger partial charge in [0, 0.05) is 37.7 Å². The van der Waals surface area contributed by atoms with Crippen LogP contribution in [0.5, 0.6) is 0 Å². The Morgan fingerprint density at radius 3 is 2.20 bits per heavy atom. The minimum Gasteiger partial charge on any atom is -0.478 e. The van der Waals surface area contributed by atoms with E-state index in [1.54, 1.807) is 11.0 Å². The van der Waals surface area contributed by atoms with Crippen molar-refractivity contribution in [2.75, 3.05) is 33.3 Å². The lowest BCUT2D eigenvalue weighted by Crippen LogP contribution is -2.54. The monoisotopic (exact) mass is 539 g/mol. The molecule has 0 radical (unpaired) electrons. The molecule has 1 heterocycles. The topological polar surface area (TPSA) is 99.2 Å². The summed E-state index contributed by atoms with van der Waals surface area (Å²) in [5.74, 6) is -1.33. The maximum atomic E-state index is 13.5. The zero-order valence-electron chi connectivity index (χ0n) is 22.5. The van der Waals surface area contributed by atoms with Crippen LogP contribution in [0.2, 0.25) is 0 Å². The summed E-state index contributed by atoms with van der Waals surface area (Å²) in [5, 5.41) is 12.1. The molecular formula is C32H33N3O5. The fourth-order valence-electron chi connectivity index (χ4n) is 5.52. The number of benzene rings is 3. The van der Waals surface area contributed by atoms with Crippen molar-refractivity contribution in [3.05, 3.63) is 107 Å². The Kier molecular flexibility index (Phi) is 8.26. The van der Waals surface area contributed by atoms with Gasteiger partial charge >= 0.3 is 12.1 Å². The summed E-state index contributed by atoms with van der Waals surface area (Å²) < 4.78 is 5.73. The molecule has 0 saturated heterocycles. The second-order valence-electron chi connectivity index (χ2n) is 10.3. The Bertz CT molecular complexity index is 1380. The van der Waals surface area contributed by atoms with Crippen molar-refractivity contribution in [1.82, 2.24) is 15.1 Å². The van der Waals surface area contributed by atoms with Crippen LogP contribution in [0.15, 0.2) is 90.5 Å². The molecule has 206 valence electrons. The summed E-state index contributed by atoms with van der Waals surface area (Å²) in [6, 6.07) is 25.3. The fraction of sp³-hybridized carbons (Fsp3) is 0.281. The van der Waals surface area contributed by atoms with Crippen molar-refractivity contribution in [3.8, 4) is 11.1 Å². The van der Waals surface area contributed by atoms with Gasteiger partial charge < -0.3 is 20.1 Å². The number of hydrogen-bond acceptors (Lipinski definition) is 5. The van der Waals surface area contributed by atoms with Crippen molar-refractivity contribution in [2.45, 2.75) is 24.9 Å². The van der Waals surface area contributed by atoms with Crippen molar-refractivity contribution >= 4 is 18.0 Å². The first kappa shape index (κ1) is 27.1. The second-order valence-corrected chi connectivity index (χ2v) is 10.3. The molecule has 0 fully saturated rings. The summed E-state index contributed by atoms with van der Waals surface area (Å²) in [7, 11) is 1.89. The summed E-state index contributed by atoms with van der Waals surface area (Å²) in [6.07, 6.45) is 1.16. The number of carboxylic acid groups (broad SMARTS) is 1. The smallest absolute Gasteiger partial charge is 0.407 e. The Hall–Kier alpha value is -4.43. The molecule has 1 aliphatic carbocycles. The SMILES string of the molecule is CN(Cc1ccccc1)CC(NC(=O)OCC1c2ccccc2-c2ccccc21)C(=O)N1CC=C(C(=O)O)CC1. The van der Waals surface area contributed by atoms with Gasteiger partial charge in [-0.3, -0.25) is 9.69 Å². The molecule has 3 aromatic carbocycles. The number of likely N-dealkylation sites (N-methyl/N-ethyl adjacent to an activating group) is 1. The number of ether oxygens (including phenoxy) is 1. The second kappa shape index (κ2) is 12.2. The van der Waals surface area contributed by atoms with Gasteiger partial charge in [-0.25, -0.2) is 9.59 Å². The third-order valence-electron chi connectivity index (χ3n) is 7.52. The lowest BCUT2D eigenvalue weighted by atomic mass is 9.98. The highest BCUT2D eigenvalue weighted by atomic mass is 16.5. The van der Waals surface area contributed by atoms with E-state index in [4.69, 9.17) is 4.74 Å².